The maximum absolute atomic E-state index is 13.6. The van der Waals surface area contributed by atoms with Crippen LogP contribution in [-0.4, -0.2) is 35.4 Å². The first-order valence-corrected chi connectivity index (χ1v) is 12.1. The zero-order valence-electron chi connectivity index (χ0n) is 21.4. The largest absolute Gasteiger partial charge is 0.483 e. The van der Waals surface area contributed by atoms with Crippen LogP contribution in [0.5, 0.6) is 5.75 Å². The number of carbonyl (C=O) groups excluding carboxylic acids is 2. The van der Waals surface area contributed by atoms with Crippen molar-refractivity contribution in [2.75, 3.05) is 6.61 Å². The lowest BCUT2D eigenvalue weighted by molar-refractivity contribution is -0.143. The quantitative estimate of drug-likeness (QED) is 0.444. The van der Waals surface area contributed by atoms with Gasteiger partial charge in [-0.15, -0.1) is 0 Å². The summed E-state index contributed by atoms with van der Waals surface area (Å²) in [4.78, 5) is 28.7. The molecule has 0 spiro atoms. The van der Waals surface area contributed by atoms with Crippen molar-refractivity contribution in [3.05, 3.63) is 101 Å². The smallest absolute Gasteiger partial charge is 0.261 e. The Kier molecular flexibility index (Phi) is 9.07. The summed E-state index contributed by atoms with van der Waals surface area (Å²) in [5.41, 5.74) is 5.18. The molecule has 1 N–H and O–H groups in total. The average molecular weight is 473 g/mol. The molecule has 0 fully saturated rings. The minimum Gasteiger partial charge on any atom is -0.483 e. The number of hydrogen-bond acceptors (Lipinski definition) is 3. The van der Waals surface area contributed by atoms with Gasteiger partial charge in [-0.1, -0.05) is 72.3 Å². The third-order valence-electron chi connectivity index (χ3n) is 6.04. The van der Waals surface area contributed by atoms with Gasteiger partial charge in [0.15, 0.2) is 6.61 Å². The van der Waals surface area contributed by atoms with Crippen molar-refractivity contribution in [2.45, 2.75) is 59.7 Å². The van der Waals surface area contributed by atoms with Gasteiger partial charge in [0.1, 0.15) is 11.8 Å². The van der Waals surface area contributed by atoms with Gasteiger partial charge < -0.3 is 15.0 Å². The number of nitrogens with zero attached hydrogens (tertiary/aromatic N) is 1. The first-order chi connectivity index (χ1) is 16.7. The highest BCUT2D eigenvalue weighted by molar-refractivity contribution is 5.88. The van der Waals surface area contributed by atoms with Gasteiger partial charge >= 0.3 is 0 Å². The summed E-state index contributed by atoms with van der Waals surface area (Å²) in [7, 11) is 0. The summed E-state index contributed by atoms with van der Waals surface area (Å²) in [6.45, 7) is 10.0. The fraction of sp³-hybridized carbons (Fsp3) is 0.333. The van der Waals surface area contributed by atoms with Crippen LogP contribution in [0.4, 0.5) is 0 Å². The number of carbonyl (C=O) groups is 2. The molecule has 0 saturated carbocycles. The first kappa shape index (κ1) is 26.0. The molecule has 0 aliphatic rings. The van der Waals surface area contributed by atoms with E-state index in [1.54, 1.807) is 4.90 Å². The molecular formula is C30H36N2O3. The minimum atomic E-state index is -0.671. The molecule has 0 saturated heterocycles. The minimum absolute atomic E-state index is 0.0390. The Morgan fingerprint density at radius 3 is 2.26 bits per heavy atom. The normalized spacial score (nSPS) is 11.7. The molecule has 1 atom stereocenters. The summed E-state index contributed by atoms with van der Waals surface area (Å²) in [6.07, 6.45) is 0.417. The first-order valence-electron chi connectivity index (χ1n) is 12.1. The molecule has 0 radical (unpaired) electrons. The van der Waals surface area contributed by atoms with Crippen molar-refractivity contribution in [3.8, 4) is 5.75 Å². The standard InChI is InChI=1S/C30H36N2O3/c1-21(2)31-30(34)27(18-25-13-7-6-8-14-25)32(19-26-15-9-11-22(3)17-26)29(33)20-35-28-16-10-12-23(4)24(28)5/h6-17,21,27H,18-20H2,1-5H3,(H,31,34). The summed E-state index contributed by atoms with van der Waals surface area (Å²) in [5, 5.41) is 3.01. The van der Waals surface area contributed by atoms with Gasteiger partial charge in [0, 0.05) is 19.0 Å². The van der Waals surface area contributed by atoms with Crippen molar-refractivity contribution in [3.63, 3.8) is 0 Å². The van der Waals surface area contributed by atoms with Crippen LogP contribution in [0.2, 0.25) is 0 Å². The maximum atomic E-state index is 13.6. The van der Waals surface area contributed by atoms with Crippen LogP contribution in [0, 0.1) is 20.8 Å². The molecule has 0 aromatic heterocycles. The van der Waals surface area contributed by atoms with Gasteiger partial charge in [-0.25, -0.2) is 0 Å². The fourth-order valence-corrected chi connectivity index (χ4v) is 4.04. The number of rotatable bonds is 10. The Balaban J connectivity index is 1.93. The predicted octanol–water partition coefficient (Wildman–Crippen LogP) is 5.16. The highest BCUT2D eigenvalue weighted by Gasteiger charge is 2.31. The second kappa shape index (κ2) is 12.2. The maximum Gasteiger partial charge on any atom is 0.261 e. The third-order valence-corrected chi connectivity index (χ3v) is 6.04. The van der Waals surface area contributed by atoms with E-state index >= 15 is 0 Å². The number of amides is 2. The van der Waals surface area contributed by atoms with Crippen molar-refractivity contribution in [1.82, 2.24) is 10.2 Å². The Bertz CT molecular complexity index is 1140. The summed E-state index contributed by atoms with van der Waals surface area (Å²) in [5.74, 6) is 0.281. The van der Waals surface area contributed by atoms with Crippen LogP contribution < -0.4 is 10.1 Å². The summed E-state index contributed by atoms with van der Waals surface area (Å²) in [6, 6.07) is 22.9. The number of hydrogen-bond donors (Lipinski definition) is 1. The molecule has 1 unspecified atom stereocenters. The van der Waals surface area contributed by atoms with E-state index in [-0.39, 0.29) is 24.5 Å². The molecule has 0 aliphatic carbocycles. The summed E-state index contributed by atoms with van der Waals surface area (Å²) >= 11 is 0. The number of nitrogens with one attached hydrogen (secondary N) is 1. The van der Waals surface area contributed by atoms with Crippen molar-refractivity contribution < 1.29 is 14.3 Å². The topological polar surface area (TPSA) is 58.6 Å². The Morgan fingerprint density at radius 2 is 1.57 bits per heavy atom. The lowest BCUT2D eigenvalue weighted by Gasteiger charge is -2.32. The Hall–Kier alpha value is -3.60. The molecule has 35 heavy (non-hydrogen) atoms. The van der Waals surface area contributed by atoms with Crippen molar-refractivity contribution >= 4 is 11.8 Å². The van der Waals surface area contributed by atoms with Crippen LogP contribution in [-0.2, 0) is 22.6 Å². The molecule has 0 aliphatic heterocycles. The van der Waals surface area contributed by atoms with Crippen LogP contribution in [0.3, 0.4) is 0 Å². The lowest BCUT2D eigenvalue weighted by Crippen LogP contribution is -2.52. The van der Waals surface area contributed by atoms with E-state index in [4.69, 9.17) is 4.74 Å². The van der Waals surface area contributed by atoms with Gasteiger partial charge in [0.05, 0.1) is 0 Å². The van der Waals surface area contributed by atoms with Crippen LogP contribution >= 0.6 is 0 Å². The zero-order valence-corrected chi connectivity index (χ0v) is 21.4. The number of benzene rings is 3. The van der Waals surface area contributed by atoms with E-state index in [0.29, 0.717) is 18.7 Å². The third kappa shape index (κ3) is 7.44. The van der Waals surface area contributed by atoms with Crippen molar-refractivity contribution in [2.24, 2.45) is 0 Å². The highest BCUT2D eigenvalue weighted by atomic mass is 16.5. The van der Waals surface area contributed by atoms with Crippen molar-refractivity contribution in [1.29, 1.82) is 0 Å². The van der Waals surface area contributed by atoms with E-state index in [1.165, 1.54) is 0 Å². The van der Waals surface area contributed by atoms with E-state index in [9.17, 15) is 9.59 Å². The Morgan fingerprint density at radius 1 is 0.886 bits per heavy atom. The lowest BCUT2D eigenvalue weighted by atomic mass is 10.0. The molecule has 3 rings (SSSR count). The van der Waals surface area contributed by atoms with Gasteiger partial charge in [-0.2, -0.15) is 0 Å². The van der Waals surface area contributed by atoms with Crippen LogP contribution in [0.25, 0.3) is 0 Å². The van der Waals surface area contributed by atoms with Gasteiger partial charge in [-0.3, -0.25) is 9.59 Å². The molecule has 2 amide bonds. The van der Waals surface area contributed by atoms with E-state index < -0.39 is 6.04 Å². The molecular weight excluding hydrogens is 436 g/mol. The monoisotopic (exact) mass is 472 g/mol. The number of ether oxygens (including phenoxy) is 1. The Labute approximate surface area is 209 Å². The highest BCUT2D eigenvalue weighted by Crippen LogP contribution is 2.21. The molecule has 5 heteroatoms. The molecule has 5 nitrogen and oxygen atoms in total. The average Bonchev–Trinajstić information content (AvgIpc) is 2.82. The molecule has 0 heterocycles. The van der Waals surface area contributed by atoms with Gasteiger partial charge in [0.2, 0.25) is 5.91 Å². The second-order valence-corrected chi connectivity index (χ2v) is 9.37. The van der Waals surface area contributed by atoms with E-state index in [0.717, 1.165) is 27.8 Å². The molecule has 3 aromatic carbocycles. The SMILES string of the molecule is Cc1cccc(CN(C(=O)COc2cccc(C)c2C)C(Cc2ccccc2)C(=O)NC(C)C)c1. The number of aryl methyl sites for hydroxylation is 2. The molecule has 0 bridgehead atoms. The predicted molar refractivity (Wildman–Crippen MR) is 140 cm³/mol. The van der Waals surface area contributed by atoms with E-state index in [2.05, 4.69) is 5.32 Å². The van der Waals surface area contributed by atoms with Gasteiger partial charge in [-0.05, 0) is 62.9 Å². The fourth-order valence-electron chi connectivity index (χ4n) is 4.04. The second-order valence-electron chi connectivity index (χ2n) is 9.37. The molecule has 3 aromatic rings. The molecule has 184 valence electrons. The van der Waals surface area contributed by atoms with Gasteiger partial charge in [0.25, 0.3) is 5.91 Å². The van der Waals surface area contributed by atoms with Crippen LogP contribution in [0.15, 0.2) is 72.8 Å². The van der Waals surface area contributed by atoms with Crippen LogP contribution in [0.1, 0.15) is 41.7 Å². The summed E-state index contributed by atoms with van der Waals surface area (Å²) < 4.78 is 5.96. The zero-order chi connectivity index (χ0) is 25.4. The van der Waals surface area contributed by atoms with E-state index in [1.807, 2.05) is 107 Å².